The van der Waals surface area contributed by atoms with Gasteiger partial charge in [0.25, 0.3) is 0 Å². The van der Waals surface area contributed by atoms with Crippen molar-refractivity contribution < 1.29 is 13.9 Å². The molecule has 4 aromatic rings. The second-order valence-electron chi connectivity index (χ2n) is 12.6. The number of nitrogens with zero attached hydrogens (tertiary/aromatic N) is 6. The number of hydrogen-bond acceptors (Lipinski definition) is 7. The first kappa shape index (κ1) is 31.4. The first-order valence-electron chi connectivity index (χ1n) is 14.8. The zero-order valence-electron chi connectivity index (χ0n) is 26.4. The Balaban J connectivity index is 1.73. The predicted molar refractivity (Wildman–Crippen MR) is 172 cm³/mol. The third-order valence-electron chi connectivity index (χ3n) is 7.80. The van der Waals surface area contributed by atoms with E-state index in [0.717, 1.165) is 11.3 Å². The molecule has 11 heteroatoms. The summed E-state index contributed by atoms with van der Waals surface area (Å²) in [4.78, 5) is 44.8. The van der Waals surface area contributed by atoms with E-state index in [1.165, 1.54) is 10.6 Å². The van der Waals surface area contributed by atoms with Crippen LogP contribution >= 0.6 is 11.6 Å². The molecule has 5 rings (SSSR count). The van der Waals surface area contributed by atoms with Crippen molar-refractivity contribution in [2.24, 2.45) is 0 Å². The number of hydrogen-bond donors (Lipinski definition) is 0. The van der Waals surface area contributed by atoms with Crippen LogP contribution in [-0.4, -0.2) is 61.8 Å². The number of piperazine rings is 1. The minimum atomic E-state index is -0.612. The van der Waals surface area contributed by atoms with Crippen LogP contribution in [0, 0.1) is 19.7 Å². The molecule has 1 unspecified atom stereocenters. The highest BCUT2D eigenvalue weighted by Crippen LogP contribution is 2.37. The fourth-order valence-corrected chi connectivity index (χ4v) is 5.88. The van der Waals surface area contributed by atoms with Crippen LogP contribution in [0.15, 0.2) is 41.3 Å². The molecule has 0 N–H and O–H groups in total. The van der Waals surface area contributed by atoms with Crippen molar-refractivity contribution in [3.05, 3.63) is 74.7 Å². The summed E-state index contributed by atoms with van der Waals surface area (Å²) in [6, 6.07) is 8.15. The van der Waals surface area contributed by atoms with Gasteiger partial charge in [-0.15, -0.1) is 0 Å². The number of halogens is 2. The van der Waals surface area contributed by atoms with Crippen LogP contribution in [0.1, 0.15) is 64.3 Å². The summed E-state index contributed by atoms with van der Waals surface area (Å²) in [5.74, 6) is 0.0435. The molecule has 44 heavy (non-hydrogen) atoms. The molecule has 0 spiro atoms. The topological polar surface area (TPSA) is 93.5 Å². The minimum Gasteiger partial charge on any atom is -0.444 e. The number of carbonyl (C=O) groups is 1. The molecule has 1 amide bonds. The van der Waals surface area contributed by atoms with Crippen molar-refractivity contribution in [1.29, 1.82) is 0 Å². The molecule has 0 bridgehead atoms. The minimum absolute atomic E-state index is 0.00437. The van der Waals surface area contributed by atoms with Gasteiger partial charge in [0.1, 0.15) is 17.2 Å². The van der Waals surface area contributed by atoms with Gasteiger partial charge in [-0.1, -0.05) is 37.6 Å². The summed E-state index contributed by atoms with van der Waals surface area (Å²) in [5, 5.41) is 0.856. The number of amides is 1. The van der Waals surface area contributed by atoms with Crippen LogP contribution in [-0.2, 0) is 4.74 Å². The second kappa shape index (κ2) is 11.8. The van der Waals surface area contributed by atoms with Crippen molar-refractivity contribution in [2.75, 3.05) is 24.5 Å². The van der Waals surface area contributed by atoms with Gasteiger partial charge < -0.3 is 14.5 Å². The summed E-state index contributed by atoms with van der Waals surface area (Å²) < 4.78 is 21.7. The highest BCUT2D eigenvalue weighted by Gasteiger charge is 2.33. The number of rotatable bonds is 4. The molecule has 1 saturated heterocycles. The monoisotopic (exact) mass is 620 g/mol. The molecule has 1 aliphatic heterocycles. The van der Waals surface area contributed by atoms with E-state index >= 15 is 0 Å². The highest BCUT2D eigenvalue weighted by molar-refractivity contribution is 6.34. The smallest absolute Gasteiger partial charge is 0.410 e. The Kier molecular flexibility index (Phi) is 8.41. The Morgan fingerprint density at radius 1 is 1.14 bits per heavy atom. The zero-order chi connectivity index (χ0) is 32.1. The van der Waals surface area contributed by atoms with Crippen LogP contribution in [0.2, 0.25) is 5.02 Å². The van der Waals surface area contributed by atoms with Gasteiger partial charge in [0.05, 0.1) is 27.5 Å². The van der Waals surface area contributed by atoms with E-state index in [-0.39, 0.29) is 23.9 Å². The van der Waals surface area contributed by atoms with Crippen LogP contribution in [0.25, 0.3) is 28.0 Å². The Morgan fingerprint density at radius 2 is 1.86 bits per heavy atom. The first-order chi connectivity index (χ1) is 20.7. The number of ether oxygens (including phenoxy) is 1. The number of benzene rings is 1. The van der Waals surface area contributed by atoms with E-state index < -0.39 is 11.3 Å². The van der Waals surface area contributed by atoms with Gasteiger partial charge in [0, 0.05) is 37.4 Å². The second-order valence-corrected chi connectivity index (χ2v) is 13.0. The molecule has 0 saturated carbocycles. The van der Waals surface area contributed by atoms with E-state index in [1.54, 1.807) is 36.2 Å². The van der Waals surface area contributed by atoms with Crippen molar-refractivity contribution >= 4 is 34.5 Å². The van der Waals surface area contributed by atoms with Crippen LogP contribution in [0.4, 0.5) is 15.0 Å². The SMILES string of the molecule is Cc1ccnc(C(C)C)c1-n1c(=O)nc(N2CCN(C(=O)OC(C)(C)C)CC2C)c2cc(Cl)c(-c3cccc(F)c3C)nc21. The van der Waals surface area contributed by atoms with Gasteiger partial charge >= 0.3 is 11.8 Å². The van der Waals surface area contributed by atoms with Crippen LogP contribution in [0.3, 0.4) is 0 Å². The lowest BCUT2D eigenvalue weighted by Crippen LogP contribution is -2.55. The molecule has 232 valence electrons. The van der Waals surface area contributed by atoms with Crippen molar-refractivity contribution in [1.82, 2.24) is 24.4 Å². The Labute approximate surface area is 261 Å². The number of fused-ring (bicyclic) bond motifs is 1. The fraction of sp³-hybridized carbons (Fsp3) is 0.424. The first-order valence-corrected chi connectivity index (χ1v) is 15.1. The summed E-state index contributed by atoms with van der Waals surface area (Å²) in [6.07, 6.45) is 1.34. The molecule has 9 nitrogen and oxygen atoms in total. The van der Waals surface area contributed by atoms with Gasteiger partial charge in [-0.25, -0.2) is 23.5 Å². The molecular weight excluding hydrogens is 583 g/mol. The Hall–Kier alpha value is -4.05. The number of pyridine rings is 2. The lowest BCUT2D eigenvalue weighted by atomic mass is 10.0. The number of carbonyl (C=O) groups excluding carboxylic acids is 1. The standard InChI is InChI=1S/C33H38ClFN6O3/c1-18(2)26-28(19(3)12-13-36-26)41-30-23(16-24(34)27(37-30)22-10-9-11-25(35)21(22)5)29(38-31(41)42)40-15-14-39(17-20(40)4)32(43)44-33(6,7)8/h9-13,16,18,20H,14-15,17H2,1-8H3. The predicted octanol–water partition coefficient (Wildman–Crippen LogP) is 6.82. The molecule has 1 aromatic carbocycles. The van der Waals surface area contributed by atoms with Gasteiger partial charge in [-0.2, -0.15) is 4.98 Å². The molecule has 0 radical (unpaired) electrons. The highest BCUT2D eigenvalue weighted by atomic mass is 35.5. The molecule has 4 heterocycles. The van der Waals surface area contributed by atoms with Gasteiger partial charge in [-0.05, 0) is 76.8 Å². The molecule has 0 aliphatic carbocycles. The van der Waals surface area contributed by atoms with Crippen molar-refractivity contribution in [3.63, 3.8) is 0 Å². The van der Waals surface area contributed by atoms with Gasteiger partial charge in [0.2, 0.25) is 0 Å². The number of anilines is 1. The Bertz CT molecular complexity index is 1820. The molecule has 1 fully saturated rings. The van der Waals surface area contributed by atoms with E-state index in [1.807, 2.05) is 59.4 Å². The lowest BCUT2D eigenvalue weighted by molar-refractivity contribution is 0.0218. The zero-order valence-corrected chi connectivity index (χ0v) is 27.2. The summed E-state index contributed by atoms with van der Waals surface area (Å²) in [7, 11) is 0. The van der Waals surface area contributed by atoms with Crippen molar-refractivity contribution in [2.45, 2.75) is 73.0 Å². The van der Waals surface area contributed by atoms with Crippen LogP contribution in [0.5, 0.6) is 0 Å². The quantitative estimate of drug-likeness (QED) is 0.247. The lowest BCUT2D eigenvalue weighted by Gasteiger charge is -2.41. The average molecular weight is 621 g/mol. The summed E-state index contributed by atoms with van der Waals surface area (Å²) >= 11 is 6.89. The maximum absolute atomic E-state index is 14.7. The van der Waals surface area contributed by atoms with E-state index in [9.17, 15) is 14.0 Å². The molecular formula is C33H38ClFN6O3. The van der Waals surface area contributed by atoms with E-state index in [4.69, 9.17) is 21.3 Å². The van der Waals surface area contributed by atoms with Crippen molar-refractivity contribution in [3.8, 4) is 16.9 Å². The van der Waals surface area contributed by atoms with Crippen LogP contribution < -0.4 is 10.6 Å². The maximum atomic E-state index is 14.7. The normalized spacial score (nSPS) is 15.8. The summed E-state index contributed by atoms with van der Waals surface area (Å²) in [6.45, 7) is 16.3. The molecule has 3 aromatic heterocycles. The number of aryl methyl sites for hydroxylation is 1. The molecule has 1 aliphatic rings. The van der Waals surface area contributed by atoms with E-state index in [2.05, 4.69) is 9.97 Å². The third-order valence-corrected chi connectivity index (χ3v) is 8.09. The third kappa shape index (κ3) is 5.87. The van der Waals surface area contributed by atoms with E-state index in [0.29, 0.717) is 64.0 Å². The summed E-state index contributed by atoms with van der Waals surface area (Å²) in [5.41, 5.74) is 2.65. The van der Waals surface area contributed by atoms with Gasteiger partial charge in [0.15, 0.2) is 5.65 Å². The number of aromatic nitrogens is 4. The maximum Gasteiger partial charge on any atom is 0.410 e. The fourth-order valence-electron chi connectivity index (χ4n) is 5.63. The van der Waals surface area contributed by atoms with Gasteiger partial charge in [-0.3, -0.25) is 4.98 Å². The largest absolute Gasteiger partial charge is 0.444 e. The average Bonchev–Trinajstić information content (AvgIpc) is 2.93. The molecule has 1 atom stereocenters. The Morgan fingerprint density at radius 3 is 2.52 bits per heavy atom.